The molecule has 2 aliphatic heterocycles. The van der Waals surface area contributed by atoms with Crippen molar-refractivity contribution in [3.05, 3.63) is 71.9 Å². The van der Waals surface area contributed by atoms with E-state index in [4.69, 9.17) is 28.8 Å². The average Bonchev–Trinajstić information content (AvgIpc) is 3.40. The Labute approximate surface area is 299 Å². The summed E-state index contributed by atoms with van der Waals surface area (Å²) in [5.74, 6) is 2.96. The van der Waals surface area contributed by atoms with Crippen molar-refractivity contribution in [1.29, 1.82) is 0 Å². The molecule has 11 heteroatoms. The number of aromatic nitrogens is 1. The zero-order valence-corrected chi connectivity index (χ0v) is 28.2. The predicted molar refractivity (Wildman–Crippen MR) is 144 cm³/mol. The molecular weight excluding hydrogens is 608 g/mol. The summed E-state index contributed by atoms with van der Waals surface area (Å²) in [5, 5.41) is 11.0. The van der Waals surface area contributed by atoms with Crippen LogP contribution in [0.2, 0.25) is 0 Å². The van der Waals surface area contributed by atoms with E-state index in [0.29, 0.717) is 19.0 Å². The zero-order chi connectivity index (χ0) is 26.8. The Morgan fingerprint density at radius 3 is 2.38 bits per heavy atom. The number of fused-ring (bicyclic) bond motifs is 5. The number of benzene rings is 3. The molecule has 0 bridgehead atoms. The van der Waals surface area contributed by atoms with E-state index in [1.807, 2.05) is 6.07 Å². The Balaban J connectivity index is 0.00000161. The van der Waals surface area contributed by atoms with Crippen LogP contribution in [0.5, 0.6) is 28.7 Å². The molecule has 1 aromatic heterocycles. The number of aliphatic carboxylic acids is 1. The first-order valence-corrected chi connectivity index (χ1v) is 13.1. The van der Waals surface area contributed by atoms with Crippen molar-refractivity contribution >= 4 is 16.7 Å². The molecule has 0 saturated carbocycles. The smallest absolute Gasteiger partial charge is 1.00 e. The number of hydrogen-bond donors (Lipinski definition) is 1. The van der Waals surface area contributed by atoms with Gasteiger partial charge in [-0.25, -0.2) is 0 Å². The van der Waals surface area contributed by atoms with Crippen molar-refractivity contribution in [3.63, 3.8) is 0 Å². The van der Waals surface area contributed by atoms with E-state index < -0.39 is 5.97 Å². The number of methoxy groups -OCH3 is 1. The van der Waals surface area contributed by atoms with Gasteiger partial charge in [0.2, 0.25) is 12.5 Å². The standard InChI is InChI=1S/C31H29NO7.2ClH.K/c1-35-27-9-6-21-15-26-24-17-29-28(38-19-39-29)16-22(24)10-11-32(26)18-25(21)31(27)37-13-3-2-12-36-23-7-4-20(5-8-23)14-30(33)34;;;/h4-9,15-18H,2-3,10-14,19H2,1H3;2*1H;/q;;;+1/p-1. The van der Waals surface area contributed by atoms with Crippen LogP contribution in [-0.2, 0) is 24.2 Å². The number of carbonyl (C=O) groups is 1. The second-order valence-corrected chi connectivity index (χ2v) is 9.68. The monoisotopic (exact) mass is 637 g/mol. The van der Waals surface area contributed by atoms with Gasteiger partial charge in [0.1, 0.15) is 5.75 Å². The molecule has 2 aliphatic rings. The maximum absolute atomic E-state index is 10.8. The number of carboxylic acid groups (broad SMARTS) is 1. The molecule has 0 saturated heterocycles. The topological polar surface area (TPSA) is 87.3 Å². The van der Waals surface area contributed by atoms with Gasteiger partial charge in [0.05, 0.1) is 37.7 Å². The number of halogens is 2. The van der Waals surface area contributed by atoms with Crippen molar-refractivity contribution in [2.45, 2.75) is 32.2 Å². The number of hydrogen-bond acceptors (Lipinski definition) is 6. The van der Waals surface area contributed by atoms with Crippen LogP contribution in [0.25, 0.3) is 22.0 Å². The molecular formula is C31H30Cl2KNO7. The third-order valence-corrected chi connectivity index (χ3v) is 7.13. The summed E-state index contributed by atoms with van der Waals surface area (Å²) in [6.07, 6.45) is 4.72. The van der Waals surface area contributed by atoms with E-state index in [9.17, 15) is 4.79 Å². The number of pyridine rings is 1. The Kier molecular flexibility index (Phi) is 12.6. The van der Waals surface area contributed by atoms with Gasteiger partial charge in [-0.05, 0) is 65.8 Å². The van der Waals surface area contributed by atoms with Crippen molar-refractivity contribution in [1.82, 2.24) is 0 Å². The number of nitrogens with zero attached hydrogens (tertiary/aromatic N) is 1. The molecule has 6 rings (SSSR count). The van der Waals surface area contributed by atoms with Crippen LogP contribution >= 0.6 is 0 Å². The number of ether oxygens (including phenoxy) is 5. The van der Waals surface area contributed by atoms with Crippen LogP contribution in [0.3, 0.4) is 0 Å². The van der Waals surface area contributed by atoms with Crippen LogP contribution in [0.4, 0.5) is 0 Å². The minimum absolute atomic E-state index is 0. The number of aryl methyl sites for hydroxylation is 2. The van der Waals surface area contributed by atoms with Crippen molar-refractivity contribution in [2.75, 3.05) is 27.1 Å². The molecule has 3 heterocycles. The molecule has 42 heavy (non-hydrogen) atoms. The molecule has 1 N–H and O–H groups in total. The van der Waals surface area contributed by atoms with Crippen LogP contribution < -0.4 is 104 Å². The second-order valence-electron chi connectivity index (χ2n) is 9.68. The van der Waals surface area contributed by atoms with Gasteiger partial charge in [-0.15, -0.1) is 0 Å². The van der Waals surface area contributed by atoms with Crippen molar-refractivity contribution < 1.29 is 114 Å². The minimum Gasteiger partial charge on any atom is -1.00 e. The van der Waals surface area contributed by atoms with Crippen LogP contribution in [0.15, 0.2) is 60.8 Å². The van der Waals surface area contributed by atoms with E-state index in [2.05, 4.69) is 35.0 Å². The second kappa shape index (κ2) is 15.5. The normalized spacial score (nSPS) is 12.1. The molecule has 216 valence electrons. The summed E-state index contributed by atoms with van der Waals surface area (Å²) < 4.78 is 31.2. The van der Waals surface area contributed by atoms with Gasteiger partial charge in [-0.1, -0.05) is 12.1 Å². The first-order chi connectivity index (χ1) is 19.1. The number of unbranched alkanes of at least 4 members (excludes halogenated alkanes) is 1. The third kappa shape index (κ3) is 7.45. The molecule has 0 unspecified atom stereocenters. The van der Waals surface area contributed by atoms with Gasteiger partial charge in [0, 0.05) is 12.5 Å². The molecule has 0 spiro atoms. The molecule has 0 aliphatic carbocycles. The maximum Gasteiger partial charge on any atom is 1.00 e. The fourth-order valence-electron chi connectivity index (χ4n) is 5.15. The first-order valence-electron chi connectivity index (χ1n) is 13.1. The van der Waals surface area contributed by atoms with E-state index in [-0.39, 0.29) is 89.4 Å². The van der Waals surface area contributed by atoms with Gasteiger partial charge >= 0.3 is 57.4 Å². The average molecular weight is 639 g/mol. The Morgan fingerprint density at radius 1 is 0.952 bits per heavy atom. The van der Waals surface area contributed by atoms with E-state index in [0.717, 1.165) is 70.8 Å². The van der Waals surface area contributed by atoms with Crippen LogP contribution in [0.1, 0.15) is 24.0 Å². The van der Waals surface area contributed by atoms with E-state index in [1.165, 1.54) is 11.1 Å². The predicted octanol–water partition coefficient (Wildman–Crippen LogP) is -4.04. The summed E-state index contributed by atoms with van der Waals surface area (Å²) in [7, 11) is 1.66. The van der Waals surface area contributed by atoms with E-state index >= 15 is 0 Å². The fraction of sp³-hybridized carbons (Fsp3) is 0.290. The Bertz CT molecular complexity index is 1550. The number of rotatable bonds is 10. The van der Waals surface area contributed by atoms with Gasteiger partial charge < -0.3 is 53.6 Å². The van der Waals surface area contributed by atoms with E-state index in [1.54, 1.807) is 31.4 Å². The number of carboxylic acids is 1. The molecule has 0 radical (unpaired) electrons. The fourth-order valence-corrected chi connectivity index (χ4v) is 5.15. The Morgan fingerprint density at radius 2 is 1.67 bits per heavy atom. The van der Waals surface area contributed by atoms with Crippen LogP contribution in [-0.4, -0.2) is 38.2 Å². The van der Waals surface area contributed by atoms with Gasteiger partial charge in [-0.2, -0.15) is 4.57 Å². The zero-order valence-electron chi connectivity index (χ0n) is 23.5. The SMILES string of the molecule is COc1ccc2cc3[n+](cc2c1OCCCCOc1ccc(CC(=O)O)cc1)CCc1cc2c(cc1-3)OCO2.[Cl-].[Cl-].[K+]. The summed E-state index contributed by atoms with van der Waals surface area (Å²) in [4.78, 5) is 10.8. The molecule has 8 nitrogen and oxygen atoms in total. The molecule has 4 aromatic rings. The molecule has 0 fully saturated rings. The first kappa shape index (κ1) is 34.2. The Hall–Kier alpha value is -2.24. The van der Waals surface area contributed by atoms with Gasteiger partial charge in [-0.3, -0.25) is 4.79 Å². The quantitative estimate of drug-likeness (QED) is 0.108. The summed E-state index contributed by atoms with van der Waals surface area (Å²) in [6, 6.07) is 17.6. The molecule has 0 amide bonds. The molecule has 0 atom stereocenters. The van der Waals surface area contributed by atoms with Crippen molar-refractivity contribution in [3.8, 4) is 40.0 Å². The minimum atomic E-state index is -0.844. The summed E-state index contributed by atoms with van der Waals surface area (Å²) in [6.45, 7) is 2.22. The van der Waals surface area contributed by atoms with Crippen molar-refractivity contribution in [2.24, 2.45) is 0 Å². The van der Waals surface area contributed by atoms with Crippen LogP contribution in [0, 0.1) is 0 Å². The maximum atomic E-state index is 10.8. The summed E-state index contributed by atoms with van der Waals surface area (Å²) >= 11 is 0. The summed E-state index contributed by atoms with van der Waals surface area (Å²) in [5.41, 5.74) is 4.33. The third-order valence-electron chi connectivity index (χ3n) is 7.13. The van der Waals surface area contributed by atoms with Gasteiger partial charge in [0.25, 0.3) is 0 Å². The molecule has 3 aromatic carbocycles. The largest absolute Gasteiger partial charge is 1.00 e. The van der Waals surface area contributed by atoms with Gasteiger partial charge in [0.15, 0.2) is 35.7 Å².